The molecule has 0 bridgehead atoms. The van der Waals surface area contributed by atoms with Crippen molar-refractivity contribution in [2.24, 2.45) is 0 Å². The van der Waals surface area contributed by atoms with E-state index in [-0.39, 0.29) is 11.9 Å². The Morgan fingerprint density at radius 1 is 1.36 bits per heavy atom. The maximum atomic E-state index is 12.0. The highest BCUT2D eigenvalue weighted by atomic mass is 16.5. The van der Waals surface area contributed by atoms with Crippen molar-refractivity contribution in [3.8, 4) is 11.5 Å². The van der Waals surface area contributed by atoms with E-state index in [4.69, 9.17) is 9.47 Å². The zero-order valence-electron chi connectivity index (χ0n) is 13.6. The second-order valence-corrected chi connectivity index (χ2v) is 5.86. The van der Waals surface area contributed by atoms with Crippen molar-refractivity contribution in [3.05, 3.63) is 23.8 Å². The molecule has 0 saturated carbocycles. The van der Waals surface area contributed by atoms with Crippen LogP contribution in [0.2, 0.25) is 0 Å². The average Bonchev–Trinajstić information content (AvgIpc) is 2.99. The fourth-order valence-electron chi connectivity index (χ4n) is 2.90. The first-order valence-corrected chi connectivity index (χ1v) is 7.86. The molecule has 2 N–H and O–H groups in total. The number of carbonyl (C=O) groups excluding carboxylic acids is 1. The highest BCUT2D eigenvalue weighted by molar-refractivity contribution is 5.76. The number of hydrogen-bond donors (Lipinski definition) is 2. The van der Waals surface area contributed by atoms with Crippen molar-refractivity contribution in [1.29, 1.82) is 0 Å². The van der Waals surface area contributed by atoms with Crippen LogP contribution in [-0.2, 0) is 11.2 Å². The molecule has 1 aliphatic rings. The van der Waals surface area contributed by atoms with Gasteiger partial charge in [0.25, 0.3) is 0 Å². The third-order valence-electron chi connectivity index (χ3n) is 3.99. The largest absolute Gasteiger partial charge is 0.493 e. The maximum absolute atomic E-state index is 12.0. The zero-order valence-corrected chi connectivity index (χ0v) is 13.6. The summed E-state index contributed by atoms with van der Waals surface area (Å²) in [6, 6.07) is 6.29. The van der Waals surface area contributed by atoms with E-state index in [0.29, 0.717) is 18.2 Å². The summed E-state index contributed by atoms with van der Waals surface area (Å²) in [4.78, 5) is 12.0. The summed E-state index contributed by atoms with van der Waals surface area (Å²) in [5.74, 6) is 1.55. The minimum Gasteiger partial charge on any atom is -0.493 e. The first-order chi connectivity index (χ1) is 10.6. The Hall–Kier alpha value is -1.75. The minimum absolute atomic E-state index is 0.0898. The zero-order chi connectivity index (χ0) is 15.9. The van der Waals surface area contributed by atoms with E-state index in [1.54, 1.807) is 14.2 Å². The molecule has 1 fully saturated rings. The van der Waals surface area contributed by atoms with Crippen LogP contribution in [0.25, 0.3) is 0 Å². The highest BCUT2D eigenvalue weighted by Gasteiger charge is 2.18. The van der Waals surface area contributed by atoms with E-state index in [1.165, 1.54) is 6.42 Å². The summed E-state index contributed by atoms with van der Waals surface area (Å²) < 4.78 is 10.5. The molecule has 1 aromatic rings. The van der Waals surface area contributed by atoms with Crippen LogP contribution in [0.4, 0.5) is 0 Å². The summed E-state index contributed by atoms with van der Waals surface area (Å²) in [6.45, 7) is 3.05. The Balaban J connectivity index is 1.85. The molecule has 1 aliphatic heterocycles. The summed E-state index contributed by atoms with van der Waals surface area (Å²) >= 11 is 0. The number of carbonyl (C=O) groups is 1. The van der Waals surface area contributed by atoms with E-state index < -0.39 is 0 Å². The average molecular weight is 306 g/mol. The topological polar surface area (TPSA) is 59.6 Å². The molecule has 0 aliphatic carbocycles. The van der Waals surface area contributed by atoms with Gasteiger partial charge in [-0.25, -0.2) is 0 Å². The molecular weight excluding hydrogens is 280 g/mol. The van der Waals surface area contributed by atoms with Crippen LogP contribution < -0.4 is 20.1 Å². The predicted molar refractivity (Wildman–Crippen MR) is 86.5 cm³/mol. The number of nitrogens with one attached hydrogen (secondary N) is 2. The molecule has 5 heteroatoms. The van der Waals surface area contributed by atoms with E-state index in [1.807, 2.05) is 25.1 Å². The van der Waals surface area contributed by atoms with Crippen molar-refractivity contribution in [3.63, 3.8) is 0 Å². The molecule has 2 unspecified atom stereocenters. The van der Waals surface area contributed by atoms with Gasteiger partial charge in [-0.2, -0.15) is 0 Å². The lowest BCUT2D eigenvalue weighted by Gasteiger charge is -2.17. The summed E-state index contributed by atoms with van der Waals surface area (Å²) in [7, 11) is 3.25. The second-order valence-electron chi connectivity index (χ2n) is 5.86. The van der Waals surface area contributed by atoms with Gasteiger partial charge >= 0.3 is 0 Å². The van der Waals surface area contributed by atoms with Gasteiger partial charge in [-0.1, -0.05) is 6.07 Å². The van der Waals surface area contributed by atoms with Gasteiger partial charge < -0.3 is 20.1 Å². The molecule has 0 aromatic heterocycles. The smallest absolute Gasteiger partial charge is 0.221 e. The van der Waals surface area contributed by atoms with Crippen LogP contribution >= 0.6 is 0 Å². The highest BCUT2D eigenvalue weighted by Crippen LogP contribution is 2.27. The Morgan fingerprint density at radius 2 is 2.14 bits per heavy atom. The van der Waals surface area contributed by atoms with Crippen LogP contribution in [0.1, 0.15) is 31.7 Å². The molecule has 1 amide bonds. The molecule has 22 heavy (non-hydrogen) atoms. The maximum Gasteiger partial charge on any atom is 0.221 e. The number of ether oxygens (including phenoxy) is 2. The number of methoxy groups -OCH3 is 2. The normalized spacial score (nSPS) is 18.8. The van der Waals surface area contributed by atoms with Crippen molar-refractivity contribution < 1.29 is 14.3 Å². The standard InChI is InChI=1S/C17H26N2O3/c1-12(19-17(20)11-14-5-4-8-18-14)9-13-6-7-15(21-2)16(10-13)22-3/h6-7,10,12,14,18H,4-5,8-9,11H2,1-3H3,(H,19,20). The van der Waals surface area contributed by atoms with Gasteiger partial charge in [-0.3, -0.25) is 4.79 Å². The lowest BCUT2D eigenvalue weighted by atomic mass is 10.1. The summed E-state index contributed by atoms with van der Waals surface area (Å²) in [5.41, 5.74) is 1.12. The van der Waals surface area contributed by atoms with Gasteiger partial charge in [-0.05, 0) is 50.4 Å². The van der Waals surface area contributed by atoms with Crippen molar-refractivity contribution >= 4 is 5.91 Å². The van der Waals surface area contributed by atoms with E-state index >= 15 is 0 Å². The van der Waals surface area contributed by atoms with Gasteiger partial charge in [0.05, 0.1) is 14.2 Å². The van der Waals surface area contributed by atoms with Crippen LogP contribution in [0.5, 0.6) is 11.5 Å². The van der Waals surface area contributed by atoms with Gasteiger partial charge in [0.15, 0.2) is 11.5 Å². The SMILES string of the molecule is COc1ccc(CC(C)NC(=O)CC2CCCN2)cc1OC. The van der Waals surface area contributed by atoms with Gasteiger partial charge in [0, 0.05) is 18.5 Å². The van der Waals surface area contributed by atoms with E-state index in [0.717, 1.165) is 30.7 Å². The predicted octanol–water partition coefficient (Wildman–Crippen LogP) is 1.89. The molecule has 5 nitrogen and oxygen atoms in total. The van der Waals surface area contributed by atoms with Crippen LogP contribution in [0.15, 0.2) is 18.2 Å². The van der Waals surface area contributed by atoms with Crippen molar-refractivity contribution in [1.82, 2.24) is 10.6 Å². The molecule has 2 atom stereocenters. The Labute approximate surface area is 132 Å². The first kappa shape index (κ1) is 16.6. The first-order valence-electron chi connectivity index (χ1n) is 7.86. The van der Waals surface area contributed by atoms with Gasteiger partial charge in [-0.15, -0.1) is 0 Å². The number of benzene rings is 1. The minimum atomic E-state index is 0.0898. The summed E-state index contributed by atoms with van der Waals surface area (Å²) in [6.07, 6.45) is 3.59. The van der Waals surface area contributed by atoms with E-state index in [2.05, 4.69) is 10.6 Å². The third-order valence-corrected chi connectivity index (χ3v) is 3.99. The quantitative estimate of drug-likeness (QED) is 0.808. The molecule has 122 valence electrons. The van der Waals surface area contributed by atoms with Crippen molar-refractivity contribution in [2.45, 2.75) is 44.7 Å². The van der Waals surface area contributed by atoms with Crippen LogP contribution in [0.3, 0.4) is 0 Å². The molecule has 0 radical (unpaired) electrons. The number of hydrogen-bond acceptors (Lipinski definition) is 4. The summed E-state index contributed by atoms with van der Waals surface area (Å²) in [5, 5.41) is 6.42. The fourth-order valence-corrected chi connectivity index (χ4v) is 2.90. The number of amides is 1. The van der Waals surface area contributed by atoms with Crippen LogP contribution in [-0.4, -0.2) is 38.8 Å². The molecule has 1 saturated heterocycles. The Morgan fingerprint density at radius 3 is 2.77 bits per heavy atom. The van der Waals surface area contributed by atoms with Crippen LogP contribution in [0, 0.1) is 0 Å². The fraction of sp³-hybridized carbons (Fsp3) is 0.588. The third kappa shape index (κ3) is 4.63. The molecule has 0 spiro atoms. The number of rotatable bonds is 7. The molecule has 1 aromatic carbocycles. The molecule has 1 heterocycles. The molecule has 2 rings (SSSR count). The lowest BCUT2D eigenvalue weighted by Crippen LogP contribution is -2.37. The monoisotopic (exact) mass is 306 g/mol. The second kappa shape index (κ2) is 8.03. The van der Waals surface area contributed by atoms with Crippen molar-refractivity contribution in [2.75, 3.05) is 20.8 Å². The van der Waals surface area contributed by atoms with Gasteiger partial charge in [0.1, 0.15) is 0 Å². The molecular formula is C17H26N2O3. The van der Waals surface area contributed by atoms with E-state index in [9.17, 15) is 4.79 Å². The van der Waals surface area contributed by atoms with Gasteiger partial charge in [0.2, 0.25) is 5.91 Å². The Bertz CT molecular complexity index is 499. The lowest BCUT2D eigenvalue weighted by molar-refractivity contribution is -0.122. The Kier molecular flexibility index (Phi) is 6.07.